The van der Waals surface area contributed by atoms with E-state index in [2.05, 4.69) is 4.98 Å². The van der Waals surface area contributed by atoms with Crippen molar-refractivity contribution >= 4 is 11.8 Å². The van der Waals surface area contributed by atoms with Crippen molar-refractivity contribution in [2.45, 2.75) is 38.3 Å². The Kier molecular flexibility index (Phi) is 3.99. The van der Waals surface area contributed by atoms with E-state index in [1.54, 1.807) is 6.92 Å². The van der Waals surface area contributed by atoms with Crippen LogP contribution in [0.4, 0.5) is 10.2 Å². The molecule has 2 atom stereocenters. The molecule has 1 aliphatic rings. The van der Waals surface area contributed by atoms with Crippen LogP contribution in [0.15, 0.2) is 12.3 Å². The zero-order valence-corrected chi connectivity index (χ0v) is 10.7. The number of carboxylic acids is 1. The van der Waals surface area contributed by atoms with Gasteiger partial charge in [-0.1, -0.05) is 0 Å². The molecule has 2 N–H and O–H groups in total. The maximum Gasteiger partial charge on any atom is 0.339 e. The van der Waals surface area contributed by atoms with Crippen LogP contribution in [0.1, 0.15) is 36.5 Å². The second kappa shape index (κ2) is 5.52. The number of rotatable bonds is 4. The summed E-state index contributed by atoms with van der Waals surface area (Å²) in [6.45, 7) is 2.38. The molecule has 1 fully saturated rings. The summed E-state index contributed by atoms with van der Waals surface area (Å²) < 4.78 is 13.1. The van der Waals surface area contributed by atoms with E-state index in [1.807, 2.05) is 4.90 Å². The van der Waals surface area contributed by atoms with Crippen LogP contribution in [0.25, 0.3) is 0 Å². The van der Waals surface area contributed by atoms with Crippen LogP contribution in [0, 0.1) is 5.82 Å². The van der Waals surface area contributed by atoms with Crippen molar-refractivity contribution in [2.75, 3.05) is 11.4 Å². The van der Waals surface area contributed by atoms with Crippen LogP contribution in [-0.2, 0) is 0 Å². The predicted octanol–water partition coefficient (Wildman–Crippen LogP) is 1.66. The van der Waals surface area contributed by atoms with Gasteiger partial charge in [-0.15, -0.1) is 0 Å². The third-order valence-corrected chi connectivity index (χ3v) is 3.33. The summed E-state index contributed by atoms with van der Waals surface area (Å²) in [6, 6.07) is 1.04. The van der Waals surface area contributed by atoms with E-state index in [-0.39, 0.29) is 17.4 Å². The second-order valence-electron chi connectivity index (χ2n) is 4.90. The van der Waals surface area contributed by atoms with Gasteiger partial charge >= 0.3 is 5.97 Å². The number of carbonyl (C=O) groups is 1. The van der Waals surface area contributed by atoms with Gasteiger partial charge in [0.05, 0.1) is 12.3 Å². The zero-order valence-electron chi connectivity index (χ0n) is 10.7. The molecule has 2 rings (SSSR count). The summed E-state index contributed by atoms with van der Waals surface area (Å²) in [6.07, 6.45) is 2.91. The number of anilines is 1. The van der Waals surface area contributed by atoms with Crippen LogP contribution in [0.2, 0.25) is 0 Å². The Balaban J connectivity index is 2.32. The van der Waals surface area contributed by atoms with Crippen molar-refractivity contribution in [3.8, 4) is 0 Å². The first kappa shape index (κ1) is 13.7. The minimum absolute atomic E-state index is 0.0519. The van der Waals surface area contributed by atoms with Gasteiger partial charge in [0.1, 0.15) is 17.2 Å². The molecule has 2 heterocycles. The molecular formula is C13H17FN2O3. The number of carboxylic acid groups (broad SMARTS) is 1. The van der Waals surface area contributed by atoms with E-state index in [0.717, 1.165) is 25.1 Å². The number of aliphatic hydroxyl groups is 1. The Bertz CT molecular complexity index is 479. The van der Waals surface area contributed by atoms with Crippen LogP contribution < -0.4 is 4.90 Å². The average molecular weight is 268 g/mol. The van der Waals surface area contributed by atoms with Gasteiger partial charge in [0, 0.05) is 12.6 Å². The smallest absolute Gasteiger partial charge is 0.339 e. The molecule has 104 valence electrons. The Morgan fingerprint density at radius 2 is 2.42 bits per heavy atom. The van der Waals surface area contributed by atoms with E-state index >= 15 is 0 Å². The summed E-state index contributed by atoms with van der Waals surface area (Å²) >= 11 is 0. The van der Waals surface area contributed by atoms with Gasteiger partial charge in [0.15, 0.2) is 0 Å². The molecular weight excluding hydrogens is 251 g/mol. The molecule has 1 saturated heterocycles. The normalized spacial score (nSPS) is 20.6. The van der Waals surface area contributed by atoms with Crippen molar-refractivity contribution in [1.29, 1.82) is 0 Å². The van der Waals surface area contributed by atoms with E-state index in [0.29, 0.717) is 13.0 Å². The molecule has 1 aromatic heterocycles. The first-order valence-corrected chi connectivity index (χ1v) is 6.32. The lowest BCUT2D eigenvalue weighted by Crippen LogP contribution is -2.33. The first-order valence-electron chi connectivity index (χ1n) is 6.32. The first-order chi connectivity index (χ1) is 8.99. The van der Waals surface area contributed by atoms with E-state index < -0.39 is 17.9 Å². The van der Waals surface area contributed by atoms with Crippen molar-refractivity contribution in [3.63, 3.8) is 0 Å². The highest BCUT2D eigenvalue weighted by molar-refractivity contribution is 5.93. The molecule has 0 bridgehead atoms. The number of halogens is 1. The third kappa shape index (κ3) is 3.01. The van der Waals surface area contributed by atoms with Crippen molar-refractivity contribution in [3.05, 3.63) is 23.6 Å². The molecule has 0 saturated carbocycles. The fourth-order valence-corrected chi connectivity index (χ4v) is 2.57. The van der Waals surface area contributed by atoms with E-state index in [4.69, 9.17) is 5.11 Å². The fourth-order valence-electron chi connectivity index (χ4n) is 2.57. The minimum atomic E-state index is -1.19. The van der Waals surface area contributed by atoms with Gasteiger partial charge in [-0.2, -0.15) is 0 Å². The molecule has 1 aliphatic heterocycles. The highest BCUT2D eigenvalue weighted by Crippen LogP contribution is 2.29. The van der Waals surface area contributed by atoms with E-state index in [1.165, 1.54) is 0 Å². The maximum absolute atomic E-state index is 13.1. The molecule has 6 heteroatoms. The SMILES string of the molecule is CC(O)CC1CCCN1c1ncc(F)cc1C(=O)O. The monoisotopic (exact) mass is 268 g/mol. The number of hydrogen-bond acceptors (Lipinski definition) is 4. The molecule has 0 spiro atoms. The summed E-state index contributed by atoms with van der Waals surface area (Å²) in [5.41, 5.74) is -0.127. The fraction of sp³-hybridized carbons (Fsp3) is 0.538. The van der Waals surface area contributed by atoms with E-state index in [9.17, 15) is 14.3 Å². The Hall–Kier alpha value is -1.69. The summed E-state index contributed by atoms with van der Waals surface area (Å²) in [5, 5.41) is 18.6. The van der Waals surface area contributed by atoms with Crippen molar-refractivity contribution in [2.24, 2.45) is 0 Å². The van der Waals surface area contributed by atoms with Gasteiger partial charge < -0.3 is 15.1 Å². The molecule has 2 unspecified atom stereocenters. The zero-order chi connectivity index (χ0) is 14.0. The molecule has 19 heavy (non-hydrogen) atoms. The van der Waals surface area contributed by atoms with Gasteiger partial charge in [0.2, 0.25) is 0 Å². The van der Waals surface area contributed by atoms with Crippen LogP contribution >= 0.6 is 0 Å². The Labute approximate surface area is 110 Å². The average Bonchev–Trinajstić information content (AvgIpc) is 2.76. The van der Waals surface area contributed by atoms with Crippen molar-refractivity contribution < 1.29 is 19.4 Å². The molecule has 0 aromatic carbocycles. The molecule has 1 aromatic rings. The Morgan fingerprint density at radius 1 is 1.68 bits per heavy atom. The molecule has 5 nitrogen and oxygen atoms in total. The number of aromatic carboxylic acids is 1. The second-order valence-corrected chi connectivity index (χ2v) is 4.90. The molecule has 0 aliphatic carbocycles. The Morgan fingerprint density at radius 3 is 3.05 bits per heavy atom. The maximum atomic E-state index is 13.1. The third-order valence-electron chi connectivity index (χ3n) is 3.33. The lowest BCUT2D eigenvalue weighted by atomic mass is 10.1. The van der Waals surface area contributed by atoms with Crippen molar-refractivity contribution in [1.82, 2.24) is 4.98 Å². The number of hydrogen-bond donors (Lipinski definition) is 2. The highest BCUT2D eigenvalue weighted by Gasteiger charge is 2.29. The number of aromatic nitrogens is 1. The number of aliphatic hydroxyl groups excluding tert-OH is 1. The highest BCUT2D eigenvalue weighted by atomic mass is 19.1. The van der Waals surface area contributed by atoms with Crippen LogP contribution in [0.3, 0.4) is 0 Å². The number of pyridine rings is 1. The predicted molar refractivity (Wildman–Crippen MR) is 67.8 cm³/mol. The van der Waals surface area contributed by atoms with Crippen LogP contribution in [0.5, 0.6) is 0 Å². The standard InChI is InChI=1S/C13H17FN2O3/c1-8(17)5-10-3-2-4-16(10)12-11(13(18)19)6-9(14)7-15-12/h6-8,10,17H,2-5H2,1H3,(H,18,19). The summed E-state index contributed by atoms with van der Waals surface area (Å²) in [5.74, 6) is -1.56. The number of nitrogens with zero attached hydrogens (tertiary/aromatic N) is 2. The lowest BCUT2D eigenvalue weighted by Gasteiger charge is -2.27. The lowest BCUT2D eigenvalue weighted by molar-refractivity contribution is 0.0696. The molecule has 0 radical (unpaired) electrons. The van der Waals surface area contributed by atoms with Gasteiger partial charge in [-0.05, 0) is 32.3 Å². The van der Waals surface area contributed by atoms with Crippen LogP contribution in [-0.4, -0.2) is 39.9 Å². The van der Waals surface area contributed by atoms with Gasteiger partial charge in [-0.25, -0.2) is 14.2 Å². The summed E-state index contributed by atoms with van der Waals surface area (Å²) in [7, 11) is 0. The largest absolute Gasteiger partial charge is 0.478 e. The minimum Gasteiger partial charge on any atom is -0.478 e. The quantitative estimate of drug-likeness (QED) is 0.868. The topological polar surface area (TPSA) is 73.7 Å². The summed E-state index contributed by atoms with van der Waals surface area (Å²) in [4.78, 5) is 17.0. The van der Waals surface area contributed by atoms with Gasteiger partial charge in [-0.3, -0.25) is 0 Å². The van der Waals surface area contributed by atoms with Gasteiger partial charge in [0.25, 0.3) is 0 Å². The molecule has 0 amide bonds.